The molecule has 1 nitrogen and oxygen atoms in total. The van der Waals surface area contributed by atoms with Gasteiger partial charge in [-0.25, -0.2) is 0 Å². The molecule has 0 aromatic heterocycles. The van der Waals surface area contributed by atoms with E-state index in [1.54, 1.807) is 0 Å². The summed E-state index contributed by atoms with van der Waals surface area (Å²) in [5, 5.41) is 3.21. The van der Waals surface area contributed by atoms with Crippen molar-refractivity contribution in [3.05, 3.63) is 0 Å². The molecular formula is C8H17N. The van der Waals surface area contributed by atoms with E-state index in [-0.39, 0.29) is 0 Å². The van der Waals surface area contributed by atoms with Gasteiger partial charge in [-0.1, -0.05) is 13.3 Å². The van der Waals surface area contributed by atoms with Gasteiger partial charge < -0.3 is 5.32 Å². The average Bonchev–Trinajstić information content (AvgIpc) is 1.77. The summed E-state index contributed by atoms with van der Waals surface area (Å²) in [6.07, 6.45) is 4.33. The molecule has 54 valence electrons. The lowest BCUT2D eigenvalue weighted by molar-refractivity contribution is 0.186. The molecule has 1 heteroatoms. The molecule has 0 aromatic carbocycles. The molecule has 0 spiro atoms. The van der Waals surface area contributed by atoms with Crippen molar-refractivity contribution in [2.45, 2.75) is 26.2 Å². The first-order valence-corrected chi connectivity index (χ1v) is 4.01. The lowest BCUT2D eigenvalue weighted by Gasteiger charge is -2.34. The zero-order valence-corrected chi connectivity index (χ0v) is 6.48. The molecule has 0 atom stereocenters. The van der Waals surface area contributed by atoms with Crippen LogP contribution in [0.5, 0.6) is 0 Å². The molecule has 0 radical (unpaired) electrons. The summed E-state index contributed by atoms with van der Waals surface area (Å²) >= 11 is 0. The molecular weight excluding hydrogens is 110 g/mol. The number of hydrogen-bond acceptors (Lipinski definition) is 1. The molecule has 0 bridgehead atoms. The van der Waals surface area contributed by atoms with E-state index in [2.05, 4.69) is 12.2 Å². The van der Waals surface area contributed by atoms with Crippen molar-refractivity contribution in [1.82, 2.24) is 5.32 Å². The lowest BCUT2D eigenvalue weighted by atomic mass is 9.74. The van der Waals surface area contributed by atoms with Gasteiger partial charge >= 0.3 is 0 Å². The second kappa shape index (κ2) is 3.21. The van der Waals surface area contributed by atoms with Crippen molar-refractivity contribution >= 4 is 0 Å². The van der Waals surface area contributed by atoms with E-state index in [9.17, 15) is 0 Å². The molecule has 1 aliphatic rings. The van der Waals surface area contributed by atoms with Crippen LogP contribution in [0.4, 0.5) is 0 Å². The second-order valence-corrected chi connectivity index (χ2v) is 3.17. The van der Waals surface area contributed by atoms with E-state index < -0.39 is 0 Å². The maximum absolute atomic E-state index is 3.21. The lowest BCUT2D eigenvalue weighted by Crippen LogP contribution is -2.31. The van der Waals surface area contributed by atoms with Gasteiger partial charge in [0.05, 0.1) is 0 Å². The van der Waals surface area contributed by atoms with E-state index in [1.165, 1.54) is 25.8 Å². The van der Waals surface area contributed by atoms with Gasteiger partial charge in [0, 0.05) is 0 Å². The Kier molecular flexibility index (Phi) is 2.52. The monoisotopic (exact) mass is 127 g/mol. The van der Waals surface area contributed by atoms with Gasteiger partial charge in [-0.3, -0.25) is 0 Å². The van der Waals surface area contributed by atoms with Crippen LogP contribution >= 0.6 is 0 Å². The van der Waals surface area contributed by atoms with E-state index >= 15 is 0 Å². The highest BCUT2D eigenvalue weighted by Crippen LogP contribution is 2.34. The smallest absolute Gasteiger partial charge is 0.00233 e. The molecule has 1 fully saturated rings. The summed E-state index contributed by atoms with van der Waals surface area (Å²) in [6.45, 7) is 3.52. The van der Waals surface area contributed by atoms with Crippen LogP contribution in [0.1, 0.15) is 26.2 Å². The minimum atomic E-state index is 1.000. The summed E-state index contributed by atoms with van der Waals surface area (Å²) in [6, 6.07) is 0. The van der Waals surface area contributed by atoms with Gasteiger partial charge in [-0.15, -0.1) is 0 Å². The van der Waals surface area contributed by atoms with Crippen LogP contribution in [0.3, 0.4) is 0 Å². The summed E-state index contributed by atoms with van der Waals surface area (Å²) in [7, 11) is 2.04. The fraction of sp³-hybridized carbons (Fsp3) is 1.00. The fourth-order valence-electron chi connectivity index (χ4n) is 1.66. The van der Waals surface area contributed by atoms with Gasteiger partial charge in [-0.2, -0.15) is 0 Å². The number of hydrogen-bond donors (Lipinski definition) is 1. The summed E-state index contributed by atoms with van der Waals surface area (Å²) < 4.78 is 0. The SMILES string of the molecule is CCC1CC(CNC)C1. The highest BCUT2D eigenvalue weighted by atomic mass is 14.8. The second-order valence-electron chi connectivity index (χ2n) is 3.17. The van der Waals surface area contributed by atoms with Gasteiger partial charge in [0.2, 0.25) is 0 Å². The molecule has 0 saturated heterocycles. The Balaban J connectivity index is 1.98. The van der Waals surface area contributed by atoms with Crippen molar-refractivity contribution in [3.63, 3.8) is 0 Å². The Morgan fingerprint density at radius 3 is 2.44 bits per heavy atom. The van der Waals surface area contributed by atoms with Crippen LogP contribution in [0.15, 0.2) is 0 Å². The summed E-state index contributed by atoms with van der Waals surface area (Å²) in [5.41, 5.74) is 0. The normalized spacial score (nSPS) is 34.0. The first-order chi connectivity index (χ1) is 4.36. The fourth-order valence-corrected chi connectivity index (χ4v) is 1.66. The third-order valence-electron chi connectivity index (χ3n) is 2.40. The van der Waals surface area contributed by atoms with E-state index in [0.717, 1.165) is 11.8 Å². The van der Waals surface area contributed by atoms with Crippen molar-refractivity contribution < 1.29 is 0 Å². The standard InChI is InChI=1S/C8H17N/c1-3-7-4-8(5-7)6-9-2/h7-9H,3-6H2,1-2H3. The largest absolute Gasteiger partial charge is 0.319 e. The molecule has 0 aromatic rings. The van der Waals surface area contributed by atoms with Crippen LogP contribution in [0, 0.1) is 11.8 Å². The van der Waals surface area contributed by atoms with Gasteiger partial charge in [0.1, 0.15) is 0 Å². The van der Waals surface area contributed by atoms with Crippen molar-refractivity contribution in [1.29, 1.82) is 0 Å². The Labute approximate surface area is 57.8 Å². The third kappa shape index (κ3) is 1.68. The third-order valence-corrected chi connectivity index (χ3v) is 2.40. The van der Waals surface area contributed by atoms with E-state index in [1.807, 2.05) is 7.05 Å². The Morgan fingerprint density at radius 2 is 2.00 bits per heavy atom. The molecule has 1 N–H and O–H groups in total. The summed E-state index contributed by atoms with van der Waals surface area (Å²) in [4.78, 5) is 0. The van der Waals surface area contributed by atoms with Gasteiger partial charge in [0.15, 0.2) is 0 Å². The van der Waals surface area contributed by atoms with Crippen LogP contribution in [0.25, 0.3) is 0 Å². The van der Waals surface area contributed by atoms with Crippen LogP contribution in [-0.4, -0.2) is 13.6 Å². The highest BCUT2D eigenvalue weighted by Gasteiger charge is 2.26. The molecule has 0 heterocycles. The average molecular weight is 127 g/mol. The van der Waals surface area contributed by atoms with Crippen molar-refractivity contribution in [2.75, 3.05) is 13.6 Å². The summed E-state index contributed by atoms with van der Waals surface area (Å²) in [5.74, 6) is 2.06. The van der Waals surface area contributed by atoms with E-state index in [0.29, 0.717) is 0 Å². The zero-order valence-electron chi connectivity index (χ0n) is 6.48. The first kappa shape index (κ1) is 7.07. The van der Waals surface area contributed by atoms with Gasteiger partial charge in [0.25, 0.3) is 0 Å². The zero-order chi connectivity index (χ0) is 6.69. The minimum Gasteiger partial charge on any atom is -0.319 e. The predicted octanol–water partition coefficient (Wildman–Crippen LogP) is 1.64. The first-order valence-electron chi connectivity index (χ1n) is 4.01. The molecule has 9 heavy (non-hydrogen) atoms. The Hall–Kier alpha value is -0.0400. The Morgan fingerprint density at radius 1 is 1.33 bits per heavy atom. The van der Waals surface area contributed by atoms with E-state index in [4.69, 9.17) is 0 Å². The molecule has 0 amide bonds. The molecule has 0 aliphatic heterocycles. The molecule has 0 unspecified atom stereocenters. The van der Waals surface area contributed by atoms with Crippen LogP contribution in [-0.2, 0) is 0 Å². The maximum Gasteiger partial charge on any atom is -0.00233 e. The topological polar surface area (TPSA) is 12.0 Å². The molecule has 1 aliphatic carbocycles. The Bertz CT molecular complexity index is 74.6. The number of nitrogens with one attached hydrogen (secondary N) is 1. The maximum atomic E-state index is 3.21. The number of rotatable bonds is 3. The molecule has 1 rings (SSSR count). The minimum absolute atomic E-state index is 1.000. The van der Waals surface area contributed by atoms with Crippen molar-refractivity contribution in [3.8, 4) is 0 Å². The predicted molar refractivity (Wildman–Crippen MR) is 40.4 cm³/mol. The van der Waals surface area contributed by atoms with Crippen LogP contribution in [0.2, 0.25) is 0 Å². The van der Waals surface area contributed by atoms with Crippen molar-refractivity contribution in [2.24, 2.45) is 11.8 Å². The molecule has 1 saturated carbocycles. The van der Waals surface area contributed by atoms with Gasteiger partial charge in [-0.05, 0) is 38.3 Å². The van der Waals surface area contributed by atoms with Crippen LogP contribution < -0.4 is 5.32 Å². The quantitative estimate of drug-likeness (QED) is 0.607. The highest BCUT2D eigenvalue weighted by molar-refractivity contribution is 4.79.